The van der Waals surface area contributed by atoms with Crippen LogP contribution in [-0.4, -0.2) is 25.7 Å². The summed E-state index contributed by atoms with van der Waals surface area (Å²) < 4.78 is 5.22. The van der Waals surface area contributed by atoms with Gasteiger partial charge in [0, 0.05) is 25.2 Å². The van der Waals surface area contributed by atoms with Crippen molar-refractivity contribution in [3.8, 4) is 11.8 Å². The minimum Gasteiger partial charge on any atom is -0.382 e. The van der Waals surface area contributed by atoms with Crippen LogP contribution in [0.5, 0.6) is 0 Å². The van der Waals surface area contributed by atoms with Crippen molar-refractivity contribution in [1.82, 2.24) is 5.32 Å². The molecule has 3 N–H and O–H groups in total. The Morgan fingerprint density at radius 2 is 2.10 bits per heavy atom. The molecule has 0 aromatic heterocycles. The maximum atomic E-state index is 11.8. The zero-order valence-corrected chi connectivity index (χ0v) is 12.8. The Hall–Kier alpha value is -1.83. The Labute approximate surface area is 127 Å². The molecular formula is C17H24N2O2. The summed E-state index contributed by atoms with van der Waals surface area (Å²) in [6, 6.07) is 7.82. The second kappa shape index (κ2) is 9.98. The minimum absolute atomic E-state index is 0.0129. The van der Waals surface area contributed by atoms with Gasteiger partial charge in [-0.05, 0) is 38.0 Å². The molecule has 0 bridgehead atoms. The molecule has 21 heavy (non-hydrogen) atoms. The molecule has 1 aromatic rings. The predicted molar refractivity (Wildman–Crippen MR) is 84.7 cm³/mol. The number of ether oxygens (including phenoxy) is 1. The molecule has 0 aliphatic rings. The number of carbonyl (C=O) groups is 1. The lowest BCUT2D eigenvalue weighted by molar-refractivity contribution is -0.122. The first-order chi connectivity index (χ1) is 10.2. The highest BCUT2D eigenvalue weighted by Gasteiger charge is 2.09. The van der Waals surface area contributed by atoms with Gasteiger partial charge in [0.2, 0.25) is 5.91 Å². The van der Waals surface area contributed by atoms with Crippen molar-refractivity contribution in [2.75, 3.05) is 19.8 Å². The van der Waals surface area contributed by atoms with Crippen LogP contribution in [0.2, 0.25) is 0 Å². The van der Waals surface area contributed by atoms with Gasteiger partial charge in [0.1, 0.15) is 0 Å². The third kappa shape index (κ3) is 6.94. The van der Waals surface area contributed by atoms with Gasteiger partial charge < -0.3 is 15.8 Å². The average Bonchev–Trinajstić information content (AvgIpc) is 2.50. The molecule has 0 fully saturated rings. The first-order valence-electron chi connectivity index (χ1n) is 7.33. The Morgan fingerprint density at radius 3 is 2.71 bits per heavy atom. The van der Waals surface area contributed by atoms with Gasteiger partial charge in [0.05, 0.1) is 12.6 Å². The predicted octanol–water partition coefficient (Wildman–Crippen LogP) is 1.99. The van der Waals surface area contributed by atoms with Crippen molar-refractivity contribution >= 4 is 5.91 Å². The number of nitrogens with one attached hydrogen (secondary N) is 1. The quantitative estimate of drug-likeness (QED) is 0.596. The lowest BCUT2D eigenvalue weighted by Gasteiger charge is -2.14. The van der Waals surface area contributed by atoms with Gasteiger partial charge in [0.25, 0.3) is 0 Å². The lowest BCUT2D eigenvalue weighted by atomic mass is 10.1. The fraction of sp³-hybridized carbons (Fsp3) is 0.471. The van der Waals surface area contributed by atoms with Crippen LogP contribution >= 0.6 is 0 Å². The number of hydrogen-bond acceptors (Lipinski definition) is 3. The molecule has 1 atom stereocenters. The van der Waals surface area contributed by atoms with Crippen LogP contribution < -0.4 is 11.1 Å². The molecule has 0 aliphatic carbocycles. The van der Waals surface area contributed by atoms with Gasteiger partial charge in [-0.3, -0.25) is 4.79 Å². The standard InChI is InChI=1S/C17H24N2O2/c1-3-21-13-5-7-17(20)19-14(2)16-10-8-15(9-11-16)6-4-12-18/h8-11,14H,3,5,7,12-13,18H2,1-2H3,(H,19,20). The molecule has 4 heteroatoms. The zero-order valence-electron chi connectivity index (χ0n) is 12.8. The lowest BCUT2D eigenvalue weighted by Crippen LogP contribution is -2.26. The third-order valence-electron chi connectivity index (χ3n) is 3.02. The van der Waals surface area contributed by atoms with E-state index in [1.807, 2.05) is 38.1 Å². The third-order valence-corrected chi connectivity index (χ3v) is 3.02. The van der Waals surface area contributed by atoms with E-state index in [1.165, 1.54) is 0 Å². The van der Waals surface area contributed by atoms with E-state index >= 15 is 0 Å². The van der Waals surface area contributed by atoms with Gasteiger partial charge in [-0.1, -0.05) is 24.0 Å². The molecule has 0 saturated heterocycles. The van der Waals surface area contributed by atoms with E-state index in [4.69, 9.17) is 10.5 Å². The monoisotopic (exact) mass is 288 g/mol. The second-order valence-corrected chi connectivity index (χ2v) is 4.72. The smallest absolute Gasteiger partial charge is 0.220 e. The molecule has 1 unspecified atom stereocenters. The van der Waals surface area contributed by atoms with Crippen LogP contribution in [-0.2, 0) is 9.53 Å². The van der Waals surface area contributed by atoms with Gasteiger partial charge in [-0.25, -0.2) is 0 Å². The maximum Gasteiger partial charge on any atom is 0.220 e. The van der Waals surface area contributed by atoms with E-state index in [-0.39, 0.29) is 11.9 Å². The molecule has 4 nitrogen and oxygen atoms in total. The largest absolute Gasteiger partial charge is 0.382 e. The number of benzene rings is 1. The first-order valence-corrected chi connectivity index (χ1v) is 7.33. The van der Waals surface area contributed by atoms with E-state index < -0.39 is 0 Å². The van der Waals surface area contributed by atoms with Crippen molar-refractivity contribution in [2.45, 2.75) is 32.7 Å². The van der Waals surface area contributed by atoms with Crippen molar-refractivity contribution in [3.63, 3.8) is 0 Å². The number of hydrogen-bond donors (Lipinski definition) is 2. The van der Waals surface area contributed by atoms with Crippen molar-refractivity contribution in [3.05, 3.63) is 35.4 Å². The SMILES string of the molecule is CCOCCCC(=O)NC(C)c1ccc(C#CCN)cc1. The first kappa shape index (κ1) is 17.2. The summed E-state index contributed by atoms with van der Waals surface area (Å²) in [7, 11) is 0. The Morgan fingerprint density at radius 1 is 1.38 bits per heavy atom. The van der Waals surface area contributed by atoms with Crippen LogP contribution in [0.15, 0.2) is 24.3 Å². The number of rotatable bonds is 7. The Balaban J connectivity index is 2.44. The normalized spacial score (nSPS) is 11.4. The maximum absolute atomic E-state index is 11.8. The zero-order chi connectivity index (χ0) is 15.5. The van der Waals surface area contributed by atoms with Gasteiger partial charge in [-0.15, -0.1) is 0 Å². The summed E-state index contributed by atoms with van der Waals surface area (Å²) in [6.07, 6.45) is 1.24. The molecule has 1 rings (SSSR count). The van der Waals surface area contributed by atoms with E-state index in [0.717, 1.165) is 17.5 Å². The molecule has 0 radical (unpaired) electrons. The highest BCUT2D eigenvalue weighted by atomic mass is 16.5. The summed E-state index contributed by atoms with van der Waals surface area (Å²) in [4.78, 5) is 11.8. The molecule has 114 valence electrons. The topological polar surface area (TPSA) is 64.3 Å². The number of carbonyl (C=O) groups excluding carboxylic acids is 1. The van der Waals surface area contributed by atoms with Crippen LogP contribution in [0, 0.1) is 11.8 Å². The van der Waals surface area contributed by atoms with Gasteiger partial charge >= 0.3 is 0 Å². The van der Waals surface area contributed by atoms with Crippen molar-refractivity contribution in [2.24, 2.45) is 5.73 Å². The Bertz CT molecular complexity index is 486. The fourth-order valence-electron chi connectivity index (χ4n) is 1.88. The van der Waals surface area contributed by atoms with E-state index in [2.05, 4.69) is 17.2 Å². The van der Waals surface area contributed by atoms with Crippen LogP contribution in [0.25, 0.3) is 0 Å². The molecule has 0 saturated carbocycles. The van der Waals surface area contributed by atoms with Crippen molar-refractivity contribution < 1.29 is 9.53 Å². The molecule has 1 aromatic carbocycles. The van der Waals surface area contributed by atoms with E-state index in [0.29, 0.717) is 26.2 Å². The van der Waals surface area contributed by atoms with Crippen LogP contribution in [0.3, 0.4) is 0 Å². The minimum atomic E-state index is -0.0129. The summed E-state index contributed by atoms with van der Waals surface area (Å²) >= 11 is 0. The summed E-state index contributed by atoms with van der Waals surface area (Å²) in [5.41, 5.74) is 7.33. The summed E-state index contributed by atoms with van der Waals surface area (Å²) in [5.74, 6) is 5.84. The van der Waals surface area contributed by atoms with E-state index in [9.17, 15) is 4.79 Å². The molecule has 0 spiro atoms. The second-order valence-electron chi connectivity index (χ2n) is 4.72. The molecular weight excluding hydrogens is 264 g/mol. The van der Waals surface area contributed by atoms with Crippen molar-refractivity contribution in [1.29, 1.82) is 0 Å². The molecule has 0 heterocycles. The summed E-state index contributed by atoms with van der Waals surface area (Å²) in [5, 5.41) is 2.99. The summed E-state index contributed by atoms with van der Waals surface area (Å²) in [6.45, 7) is 5.60. The van der Waals surface area contributed by atoms with Crippen LogP contribution in [0.1, 0.15) is 43.9 Å². The van der Waals surface area contributed by atoms with Gasteiger partial charge in [0.15, 0.2) is 0 Å². The van der Waals surface area contributed by atoms with Gasteiger partial charge in [-0.2, -0.15) is 0 Å². The molecule has 0 aliphatic heterocycles. The van der Waals surface area contributed by atoms with E-state index in [1.54, 1.807) is 0 Å². The number of amides is 1. The highest BCUT2D eigenvalue weighted by Crippen LogP contribution is 2.13. The molecule has 1 amide bonds. The highest BCUT2D eigenvalue weighted by molar-refractivity contribution is 5.76. The average molecular weight is 288 g/mol. The van der Waals surface area contributed by atoms with Crippen LogP contribution in [0.4, 0.5) is 0 Å². The fourth-order valence-corrected chi connectivity index (χ4v) is 1.88. The Kier molecular flexibility index (Phi) is 8.18. The number of nitrogens with two attached hydrogens (primary N) is 1.